The zero-order valence-corrected chi connectivity index (χ0v) is 4.09. The van der Waals surface area contributed by atoms with Crippen LogP contribution in [0.1, 0.15) is 6.42 Å². The maximum Gasteiger partial charge on any atom is 0.0390 e. The first kappa shape index (κ1) is 2.49. The SMILES string of the molecule is C1C2C3C2C12CN32. The molecule has 5 atom stereocenters. The monoisotopic (exact) mass is 93.1 g/mol. The summed E-state index contributed by atoms with van der Waals surface area (Å²) in [6, 6.07) is 1.14. The van der Waals surface area contributed by atoms with Gasteiger partial charge in [-0.25, -0.2) is 0 Å². The minimum Gasteiger partial charge on any atom is -0.291 e. The Balaban J connectivity index is 2.18. The van der Waals surface area contributed by atoms with Crippen LogP contribution in [0.3, 0.4) is 0 Å². The third kappa shape index (κ3) is 0.0810. The summed E-state index contributed by atoms with van der Waals surface area (Å²) in [6.07, 6.45) is 1.59. The third-order valence-electron chi connectivity index (χ3n) is 3.61. The quantitative estimate of drug-likeness (QED) is 0.383. The van der Waals surface area contributed by atoms with E-state index in [1.807, 2.05) is 0 Å². The van der Waals surface area contributed by atoms with E-state index >= 15 is 0 Å². The Hall–Kier alpha value is -0.0400. The Morgan fingerprint density at radius 1 is 1.57 bits per heavy atom. The normalized spacial score (nSPS) is 96.0. The Morgan fingerprint density at radius 3 is 2.71 bits per heavy atom. The molecule has 2 aliphatic carbocycles. The predicted molar refractivity (Wildman–Crippen MR) is 24.8 cm³/mol. The van der Waals surface area contributed by atoms with Crippen molar-refractivity contribution in [3.63, 3.8) is 0 Å². The van der Waals surface area contributed by atoms with Gasteiger partial charge in [-0.05, 0) is 18.3 Å². The second-order valence-electron chi connectivity index (χ2n) is 3.62. The molecule has 0 aromatic rings. The van der Waals surface area contributed by atoms with E-state index in [0.717, 1.165) is 11.6 Å². The fourth-order valence-corrected chi connectivity index (χ4v) is 3.19. The standard InChI is InChI=1S/C6H7N/c1-3-4-5(3)7-2-6(1,4)7/h3-5H,1-2H2. The van der Waals surface area contributed by atoms with Gasteiger partial charge in [0, 0.05) is 18.1 Å². The molecule has 0 bridgehead atoms. The number of hydrogen-bond donors (Lipinski definition) is 0. The van der Waals surface area contributed by atoms with Crippen LogP contribution in [-0.4, -0.2) is 23.0 Å². The van der Waals surface area contributed by atoms with Gasteiger partial charge in [-0.3, -0.25) is 4.90 Å². The molecule has 4 rings (SSSR count). The van der Waals surface area contributed by atoms with E-state index < -0.39 is 0 Å². The molecule has 1 nitrogen and oxygen atoms in total. The Kier molecular flexibility index (Phi) is 0.131. The highest BCUT2D eigenvalue weighted by Crippen LogP contribution is 2.84. The molecular weight excluding hydrogens is 86.1 g/mol. The second kappa shape index (κ2) is 0.368. The number of nitrogens with zero attached hydrogens (tertiary/aromatic N) is 1. The Bertz CT molecular complexity index is 164. The first-order valence-corrected chi connectivity index (χ1v) is 3.20. The molecule has 0 aromatic carbocycles. The van der Waals surface area contributed by atoms with Crippen LogP contribution >= 0.6 is 0 Å². The van der Waals surface area contributed by atoms with Crippen LogP contribution in [0.4, 0.5) is 0 Å². The van der Waals surface area contributed by atoms with Crippen LogP contribution in [0.25, 0.3) is 0 Å². The molecule has 1 spiro atoms. The van der Waals surface area contributed by atoms with Crippen molar-refractivity contribution < 1.29 is 0 Å². The highest BCUT2D eigenvalue weighted by atomic mass is 15.5. The molecule has 0 N–H and O–H groups in total. The average molecular weight is 93.1 g/mol. The molecule has 2 heterocycles. The van der Waals surface area contributed by atoms with Gasteiger partial charge in [-0.1, -0.05) is 0 Å². The van der Waals surface area contributed by atoms with Gasteiger partial charge in [0.05, 0.1) is 0 Å². The molecule has 0 aromatic heterocycles. The molecule has 0 amide bonds. The predicted octanol–water partition coefficient (Wildman–Crippen LogP) is 0.0727. The molecular formula is C6H7N. The lowest BCUT2D eigenvalue weighted by molar-refractivity contribution is 0.221. The van der Waals surface area contributed by atoms with E-state index in [9.17, 15) is 0 Å². The minimum absolute atomic E-state index is 0.898. The highest BCUT2D eigenvalue weighted by molar-refractivity contribution is 5.47. The molecule has 4 fully saturated rings. The second-order valence-corrected chi connectivity index (χ2v) is 3.62. The first-order chi connectivity index (χ1) is 3.43. The zero-order chi connectivity index (χ0) is 4.22. The van der Waals surface area contributed by atoms with E-state index in [2.05, 4.69) is 4.90 Å². The number of rotatable bonds is 0. The molecule has 36 valence electrons. The summed E-state index contributed by atoms with van der Waals surface area (Å²) in [5.41, 5.74) is 0.898. The average Bonchev–Trinajstić information content (AvgIpc) is 2.36. The van der Waals surface area contributed by atoms with Crippen molar-refractivity contribution in [1.82, 2.24) is 4.90 Å². The zero-order valence-electron chi connectivity index (χ0n) is 4.09. The molecule has 0 radical (unpaired) electrons. The summed E-state index contributed by atoms with van der Waals surface area (Å²) >= 11 is 0. The minimum atomic E-state index is 0.898. The van der Waals surface area contributed by atoms with Crippen molar-refractivity contribution in [2.75, 3.05) is 6.54 Å². The summed E-state index contributed by atoms with van der Waals surface area (Å²) in [4.78, 5) is 2.68. The number of piperidine rings is 3. The molecule has 2 saturated carbocycles. The topological polar surface area (TPSA) is 3.01 Å². The first-order valence-electron chi connectivity index (χ1n) is 3.20. The van der Waals surface area contributed by atoms with E-state index in [0.29, 0.717) is 0 Å². The lowest BCUT2D eigenvalue weighted by Gasteiger charge is -2.27. The maximum absolute atomic E-state index is 2.68. The Labute approximate surface area is 42.3 Å². The van der Waals surface area contributed by atoms with Crippen molar-refractivity contribution in [1.29, 1.82) is 0 Å². The molecule has 2 aliphatic heterocycles. The van der Waals surface area contributed by atoms with Crippen molar-refractivity contribution in [3.8, 4) is 0 Å². The van der Waals surface area contributed by atoms with E-state index in [-0.39, 0.29) is 0 Å². The van der Waals surface area contributed by atoms with Gasteiger partial charge in [0.25, 0.3) is 0 Å². The van der Waals surface area contributed by atoms with E-state index in [1.54, 1.807) is 6.42 Å². The van der Waals surface area contributed by atoms with Gasteiger partial charge in [-0.2, -0.15) is 0 Å². The molecule has 7 heavy (non-hydrogen) atoms. The van der Waals surface area contributed by atoms with Crippen LogP contribution in [0.5, 0.6) is 0 Å². The smallest absolute Gasteiger partial charge is 0.0390 e. The van der Waals surface area contributed by atoms with Gasteiger partial charge in [0.2, 0.25) is 0 Å². The fraction of sp³-hybridized carbons (Fsp3) is 1.00. The Morgan fingerprint density at radius 2 is 2.57 bits per heavy atom. The van der Waals surface area contributed by atoms with Crippen molar-refractivity contribution >= 4 is 0 Å². The number of fused-ring (bicyclic) bond motifs is 2. The summed E-state index contributed by atoms with van der Waals surface area (Å²) in [7, 11) is 0. The largest absolute Gasteiger partial charge is 0.291 e. The molecule has 2 saturated heterocycles. The molecule has 5 unspecified atom stereocenters. The van der Waals surface area contributed by atoms with Crippen molar-refractivity contribution in [2.24, 2.45) is 11.8 Å². The summed E-state index contributed by atoms with van der Waals surface area (Å²) in [5.74, 6) is 2.46. The number of hydrogen-bond acceptors (Lipinski definition) is 1. The van der Waals surface area contributed by atoms with Crippen molar-refractivity contribution in [3.05, 3.63) is 0 Å². The van der Waals surface area contributed by atoms with Crippen LogP contribution in [-0.2, 0) is 0 Å². The van der Waals surface area contributed by atoms with Crippen LogP contribution in [0, 0.1) is 11.8 Å². The summed E-state index contributed by atoms with van der Waals surface area (Å²) in [5, 5.41) is 0. The van der Waals surface area contributed by atoms with Gasteiger partial charge in [0.1, 0.15) is 0 Å². The fourth-order valence-electron chi connectivity index (χ4n) is 3.19. The molecule has 4 aliphatic rings. The van der Waals surface area contributed by atoms with Gasteiger partial charge in [0.15, 0.2) is 0 Å². The van der Waals surface area contributed by atoms with Gasteiger partial charge in [-0.15, -0.1) is 0 Å². The van der Waals surface area contributed by atoms with Crippen molar-refractivity contribution in [2.45, 2.75) is 18.0 Å². The summed E-state index contributed by atoms with van der Waals surface area (Å²) < 4.78 is 0. The van der Waals surface area contributed by atoms with Gasteiger partial charge < -0.3 is 0 Å². The van der Waals surface area contributed by atoms with Crippen LogP contribution in [0.2, 0.25) is 0 Å². The maximum atomic E-state index is 2.68. The molecule has 1 heteroatoms. The van der Waals surface area contributed by atoms with E-state index in [1.165, 1.54) is 18.4 Å². The van der Waals surface area contributed by atoms with E-state index in [4.69, 9.17) is 0 Å². The van der Waals surface area contributed by atoms with Crippen LogP contribution < -0.4 is 0 Å². The lowest BCUT2D eigenvalue weighted by atomic mass is 9.84. The highest BCUT2D eigenvalue weighted by Gasteiger charge is 2.93. The van der Waals surface area contributed by atoms with Gasteiger partial charge >= 0.3 is 0 Å². The third-order valence-corrected chi connectivity index (χ3v) is 3.61. The lowest BCUT2D eigenvalue weighted by Crippen LogP contribution is -2.36. The summed E-state index contributed by atoms with van der Waals surface area (Å²) in [6.45, 7) is 1.48. The van der Waals surface area contributed by atoms with Crippen LogP contribution in [0.15, 0.2) is 0 Å².